The maximum absolute atomic E-state index is 13.1. The van der Waals surface area contributed by atoms with Crippen molar-refractivity contribution < 1.29 is 27.2 Å². The quantitative estimate of drug-likeness (QED) is 0.311. The summed E-state index contributed by atoms with van der Waals surface area (Å²) in [6.07, 6.45) is 2.70. The van der Waals surface area contributed by atoms with Crippen LogP contribution < -0.4 is 4.74 Å². The van der Waals surface area contributed by atoms with E-state index in [0.29, 0.717) is 29.0 Å². The summed E-state index contributed by atoms with van der Waals surface area (Å²) in [6, 6.07) is 16.4. The molecule has 202 valence electrons. The van der Waals surface area contributed by atoms with Gasteiger partial charge in [-0.05, 0) is 97.9 Å². The van der Waals surface area contributed by atoms with Crippen molar-refractivity contribution in [1.29, 1.82) is 5.26 Å². The molecule has 2 aromatic carbocycles. The van der Waals surface area contributed by atoms with E-state index in [1.54, 1.807) is 12.1 Å². The number of nitriles is 1. The fourth-order valence-electron chi connectivity index (χ4n) is 7.75. The molecule has 0 saturated heterocycles. The maximum Gasteiger partial charge on any atom is 0.573 e. The van der Waals surface area contributed by atoms with Crippen LogP contribution >= 0.6 is 0 Å². The van der Waals surface area contributed by atoms with Crippen molar-refractivity contribution in [2.24, 2.45) is 17.8 Å². The molecule has 0 amide bonds. The zero-order chi connectivity index (χ0) is 26.8. The number of rotatable bonds is 7. The van der Waals surface area contributed by atoms with Gasteiger partial charge in [0.05, 0.1) is 24.3 Å². The minimum absolute atomic E-state index is 0.0936. The van der Waals surface area contributed by atoms with Crippen molar-refractivity contribution >= 4 is 0 Å². The second-order valence-electron chi connectivity index (χ2n) is 11.7. The minimum Gasteiger partial charge on any atom is -0.405 e. The van der Waals surface area contributed by atoms with E-state index in [4.69, 9.17) is 14.5 Å². The third-order valence-electron chi connectivity index (χ3n) is 9.52. The van der Waals surface area contributed by atoms with Gasteiger partial charge in [-0.25, -0.2) is 0 Å². The highest BCUT2D eigenvalue weighted by Crippen LogP contribution is 2.71. The molecule has 2 unspecified atom stereocenters. The highest BCUT2D eigenvalue weighted by atomic mass is 19.4. The molecule has 0 aliphatic heterocycles. The Labute approximate surface area is 224 Å². The zero-order valence-corrected chi connectivity index (χ0v) is 21.4. The Bertz CT molecular complexity index is 1420. The van der Waals surface area contributed by atoms with Crippen molar-refractivity contribution in [3.05, 3.63) is 71.0 Å². The summed E-state index contributed by atoms with van der Waals surface area (Å²) in [5.74, 6) is 2.65. The molecule has 39 heavy (non-hydrogen) atoms. The molecule has 4 saturated carbocycles. The summed E-state index contributed by atoms with van der Waals surface area (Å²) in [5.41, 5.74) is 3.68. The van der Waals surface area contributed by atoms with E-state index in [9.17, 15) is 13.2 Å². The summed E-state index contributed by atoms with van der Waals surface area (Å²) >= 11 is 0. The first-order valence-corrected chi connectivity index (χ1v) is 13.8. The average molecular weight is 535 g/mol. The van der Waals surface area contributed by atoms with Crippen LogP contribution in [0.2, 0.25) is 0 Å². The van der Waals surface area contributed by atoms with Gasteiger partial charge in [0.1, 0.15) is 17.2 Å². The van der Waals surface area contributed by atoms with Crippen LogP contribution in [0.4, 0.5) is 13.2 Å². The number of hydrogen-bond donors (Lipinski definition) is 0. The molecule has 3 aromatic rings. The highest BCUT2D eigenvalue weighted by molar-refractivity contribution is 5.70. The predicted molar refractivity (Wildman–Crippen MR) is 136 cm³/mol. The predicted octanol–water partition coefficient (Wildman–Crippen LogP) is 7.65. The molecule has 4 fully saturated rings. The van der Waals surface area contributed by atoms with Crippen LogP contribution in [0.15, 0.2) is 53.1 Å². The number of halogens is 3. The van der Waals surface area contributed by atoms with Crippen LogP contribution in [-0.2, 0) is 16.8 Å². The molecule has 0 spiro atoms. The Morgan fingerprint density at radius 2 is 1.77 bits per heavy atom. The molecular formula is C31H29F3N2O3. The molecule has 4 aliphatic rings. The van der Waals surface area contributed by atoms with Gasteiger partial charge in [0.25, 0.3) is 0 Å². The molecule has 1 aromatic heterocycles. The van der Waals surface area contributed by atoms with Gasteiger partial charge in [-0.2, -0.15) is 5.26 Å². The van der Waals surface area contributed by atoms with E-state index >= 15 is 0 Å². The summed E-state index contributed by atoms with van der Waals surface area (Å²) in [7, 11) is 0. The second-order valence-corrected chi connectivity index (χ2v) is 11.7. The summed E-state index contributed by atoms with van der Waals surface area (Å²) in [5, 5.41) is 13.4. The molecule has 0 N–H and O–H groups in total. The largest absolute Gasteiger partial charge is 0.573 e. The Balaban J connectivity index is 1.08. The molecule has 4 aliphatic carbocycles. The molecule has 5 atom stereocenters. The number of ether oxygens (including phenoxy) is 2. The number of aromatic nitrogens is 1. The van der Waals surface area contributed by atoms with E-state index in [1.165, 1.54) is 24.1 Å². The van der Waals surface area contributed by atoms with Crippen molar-refractivity contribution in [3.63, 3.8) is 0 Å². The molecule has 5 nitrogen and oxygen atoms in total. The number of hydrogen-bond acceptors (Lipinski definition) is 5. The lowest BCUT2D eigenvalue weighted by atomic mass is 9.36. The lowest BCUT2D eigenvalue weighted by molar-refractivity contribution is -0.274. The number of para-hydroxylation sites is 1. The Hall–Kier alpha value is -3.31. The van der Waals surface area contributed by atoms with Crippen LogP contribution in [0.5, 0.6) is 5.75 Å². The van der Waals surface area contributed by atoms with Crippen LogP contribution in [0.1, 0.15) is 73.3 Å². The van der Waals surface area contributed by atoms with Crippen molar-refractivity contribution in [2.45, 2.75) is 75.4 Å². The van der Waals surface area contributed by atoms with Crippen molar-refractivity contribution in [2.75, 3.05) is 0 Å². The third kappa shape index (κ3) is 4.31. The smallest absolute Gasteiger partial charge is 0.405 e. The SMILES string of the molecule is N#Cc1ccc(C23C[C@H]4CC[C@H](OCc5c(-c6ccccc6OC(F)(F)F)noc5C5CC5)C[C@H](C2)C43)cc1. The Kier molecular flexibility index (Phi) is 5.78. The van der Waals surface area contributed by atoms with Gasteiger partial charge in [0, 0.05) is 17.0 Å². The molecule has 1 heterocycles. The van der Waals surface area contributed by atoms with Crippen LogP contribution in [-0.4, -0.2) is 17.6 Å². The topological polar surface area (TPSA) is 68.3 Å². The first kappa shape index (κ1) is 24.7. The molecule has 7 rings (SSSR count). The summed E-state index contributed by atoms with van der Waals surface area (Å²) < 4.78 is 55.8. The number of alkyl halides is 3. The van der Waals surface area contributed by atoms with Gasteiger partial charge in [0.2, 0.25) is 0 Å². The normalized spacial score (nSPS) is 29.4. The van der Waals surface area contributed by atoms with Gasteiger partial charge < -0.3 is 14.0 Å². The first-order valence-electron chi connectivity index (χ1n) is 13.8. The third-order valence-corrected chi connectivity index (χ3v) is 9.52. The van der Waals surface area contributed by atoms with Crippen molar-refractivity contribution in [3.8, 4) is 23.1 Å². The van der Waals surface area contributed by atoms with Crippen LogP contribution in [0.25, 0.3) is 11.3 Å². The lowest BCUT2D eigenvalue weighted by Crippen LogP contribution is -2.63. The van der Waals surface area contributed by atoms with E-state index in [-0.39, 0.29) is 35.4 Å². The maximum atomic E-state index is 13.1. The van der Waals surface area contributed by atoms with Crippen molar-refractivity contribution in [1.82, 2.24) is 5.16 Å². The Morgan fingerprint density at radius 1 is 1.00 bits per heavy atom. The molecule has 0 bridgehead atoms. The van der Waals surface area contributed by atoms with Gasteiger partial charge in [-0.15, -0.1) is 13.2 Å². The van der Waals surface area contributed by atoms with Gasteiger partial charge in [-0.3, -0.25) is 0 Å². The first-order chi connectivity index (χ1) is 18.8. The standard InChI is InChI=1S/C31H29F3N2O3/c32-31(33,34)38-26-4-2-1-3-24(26)28-25(29(39-36-28)19-7-8-19)17-37-23-12-9-20-14-30(15-21(13-23)27(20)30)22-10-5-18(16-35)6-11-22/h1-6,10-11,19-21,23,27H,7-9,12-15,17H2/t20-,21-,23+,27?,30?/m1/s1. The van der Waals surface area contributed by atoms with Gasteiger partial charge in [-0.1, -0.05) is 29.4 Å². The number of nitrogens with zero attached hydrogens (tertiary/aromatic N) is 2. The second kappa shape index (κ2) is 9.12. The number of benzene rings is 2. The van der Waals surface area contributed by atoms with Crippen LogP contribution in [0.3, 0.4) is 0 Å². The van der Waals surface area contributed by atoms with E-state index in [0.717, 1.165) is 49.8 Å². The summed E-state index contributed by atoms with van der Waals surface area (Å²) in [4.78, 5) is 0. The lowest BCUT2D eigenvalue weighted by Gasteiger charge is -2.68. The zero-order valence-electron chi connectivity index (χ0n) is 21.4. The molecule has 0 radical (unpaired) electrons. The van der Waals surface area contributed by atoms with Gasteiger partial charge >= 0.3 is 6.36 Å². The molecule has 8 heteroatoms. The Morgan fingerprint density at radius 3 is 2.51 bits per heavy atom. The van der Waals surface area contributed by atoms with E-state index in [2.05, 4.69) is 28.1 Å². The highest BCUT2D eigenvalue weighted by Gasteiger charge is 2.65. The average Bonchev–Trinajstić information content (AvgIpc) is 3.66. The van der Waals surface area contributed by atoms with E-state index in [1.807, 2.05) is 12.1 Å². The minimum atomic E-state index is -4.80. The molecular weight excluding hydrogens is 505 g/mol. The van der Waals surface area contributed by atoms with Crippen LogP contribution in [0, 0.1) is 29.1 Å². The van der Waals surface area contributed by atoms with Gasteiger partial charge in [0.15, 0.2) is 0 Å². The monoisotopic (exact) mass is 534 g/mol. The fourth-order valence-corrected chi connectivity index (χ4v) is 7.75. The summed E-state index contributed by atoms with van der Waals surface area (Å²) in [6.45, 7) is 0.262. The van der Waals surface area contributed by atoms with E-state index < -0.39 is 6.36 Å². The fraction of sp³-hybridized carbons (Fsp3) is 0.484.